The number of hydrogen-bond acceptors (Lipinski definition) is 5. The van der Waals surface area contributed by atoms with Gasteiger partial charge in [0.2, 0.25) is 0 Å². The molecule has 0 atom stereocenters. The van der Waals surface area contributed by atoms with Crippen LogP contribution in [0.2, 0.25) is 0 Å². The van der Waals surface area contributed by atoms with Crippen molar-refractivity contribution in [3.8, 4) is 0 Å². The molecule has 2 N–H and O–H groups in total. The van der Waals surface area contributed by atoms with Gasteiger partial charge in [-0.3, -0.25) is 4.79 Å². The number of aryl methyl sites for hydroxylation is 1. The summed E-state index contributed by atoms with van der Waals surface area (Å²) in [4.78, 5) is 17.8. The van der Waals surface area contributed by atoms with Gasteiger partial charge in [0.15, 0.2) is 5.43 Å². The van der Waals surface area contributed by atoms with E-state index >= 15 is 0 Å². The van der Waals surface area contributed by atoms with E-state index in [2.05, 4.69) is 21.3 Å². The molecule has 1 aliphatic heterocycles. The van der Waals surface area contributed by atoms with E-state index in [-0.39, 0.29) is 36.2 Å². The number of aromatic nitrogens is 2. The van der Waals surface area contributed by atoms with E-state index in [9.17, 15) is 22.4 Å². The molecule has 3 heterocycles. The number of hydrogen-bond donors (Lipinski definition) is 2. The Morgan fingerprint density at radius 1 is 1.42 bits per heavy atom. The summed E-state index contributed by atoms with van der Waals surface area (Å²) in [5.74, 6) is -6.23. The molecule has 164 valence electrons. The molecule has 0 saturated carbocycles. The fourth-order valence-electron chi connectivity index (χ4n) is 3.66. The molecule has 0 radical (unpaired) electrons. The first-order chi connectivity index (χ1) is 14.6. The molecule has 3 aromatic rings. The minimum absolute atomic E-state index is 0.00190. The van der Waals surface area contributed by atoms with E-state index in [1.165, 1.54) is 40.8 Å². The van der Waals surface area contributed by atoms with Gasteiger partial charge >= 0.3 is 0 Å². The first-order valence-corrected chi connectivity index (χ1v) is 10.4. The number of pyridine rings is 1. The van der Waals surface area contributed by atoms with Crippen LogP contribution in [0, 0.1) is 6.92 Å². The zero-order valence-electron chi connectivity index (χ0n) is 16.6. The molecule has 0 aliphatic carbocycles. The first kappa shape index (κ1) is 21.4. The summed E-state index contributed by atoms with van der Waals surface area (Å²) in [7, 11) is 0. The van der Waals surface area contributed by atoms with Crippen molar-refractivity contribution in [2.75, 3.05) is 23.3 Å². The molecule has 10 heteroatoms. The number of nitrogens with one attached hydrogen (secondary N) is 2. The van der Waals surface area contributed by atoms with Crippen LogP contribution >= 0.6 is 11.5 Å². The molecule has 1 aromatic carbocycles. The van der Waals surface area contributed by atoms with Crippen LogP contribution in [0.15, 0.2) is 41.8 Å². The highest BCUT2D eigenvalue weighted by Crippen LogP contribution is 2.39. The number of halogens is 4. The molecule has 0 amide bonds. The van der Waals surface area contributed by atoms with Gasteiger partial charge in [-0.05, 0) is 42.7 Å². The van der Waals surface area contributed by atoms with Crippen molar-refractivity contribution in [2.24, 2.45) is 0 Å². The van der Waals surface area contributed by atoms with Crippen LogP contribution in [-0.2, 0) is 12.5 Å². The summed E-state index contributed by atoms with van der Waals surface area (Å²) in [5, 5.41) is 3.37. The van der Waals surface area contributed by atoms with Crippen LogP contribution in [0.25, 0.3) is 10.2 Å². The molecular weight excluding hydrogens is 432 g/mol. The van der Waals surface area contributed by atoms with E-state index in [1.54, 1.807) is 6.92 Å². The van der Waals surface area contributed by atoms with Crippen LogP contribution in [0.4, 0.5) is 28.9 Å². The summed E-state index contributed by atoms with van der Waals surface area (Å²) in [6.07, 6.45) is 1.72. The van der Waals surface area contributed by atoms with Gasteiger partial charge in [0.05, 0.1) is 23.2 Å². The van der Waals surface area contributed by atoms with Crippen LogP contribution in [0.5, 0.6) is 0 Å². The van der Waals surface area contributed by atoms with Crippen molar-refractivity contribution in [3.05, 3.63) is 64.1 Å². The van der Waals surface area contributed by atoms with Gasteiger partial charge in [-0.2, -0.15) is 13.2 Å². The van der Waals surface area contributed by atoms with E-state index in [4.69, 9.17) is 0 Å². The second kappa shape index (κ2) is 7.67. The van der Waals surface area contributed by atoms with E-state index < -0.39 is 18.4 Å². The summed E-state index contributed by atoms with van der Waals surface area (Å²) >= 11 is 1.18. The molecule has 0 bridgehead atoms. The molecule has 0 unspecified atom stereocenters. The maximum atomic E-state index is 14.6. The minimum atomic E-state index is -3.38. The normalized spacial score (nSPS) is 16.1. The Labute approximate surface area is 179 Å². The average molecular weight is 452 g/mol. The molecule has 5 nitrogen and oxygen atoms in total. The molecular formula is C21H20F4N4OS. The van der Waals surface area contributed by atoms with Crippen molar-refractivity contribution >= 4 is 33.1 Å². The number of alkyl halides is 4. The van der Waals surface area contributed by atoms with Gasteiger partial charge in [-0.25, -0.2) is 8.78 Å². The fourth-order valence-corrected chi connectivity index (χ4v) is 4.42. The molecule has 31 heavy (non-hydrogen) atoms. The summed E-state index contributed by atoms with van der Waals surface area (Å²) < 4.78 is 60.5. The van der Waals surface area contributed by atoms with Gasteiger partial charge in [0, 0.05) is 42.6 Å². The predicted molar refractivity (Wildman–Crippen MR) is 115 cm³/mol. The van der Waals surface area contributed by atoms with Crippen LogP contribution in [-0.4, -0.2) is 28.4 Å². The van der Waals surface area contributed by atoms with Crippen LogP contribution in [0.3, 0.4) is 0 Å². The third kappa shape index (κ3) is 4.04. The second-order valence-electron chi connectivity index (χ2n) is 7.55. The largest absolute Gasteiger partial charge is 0.380 e. The second-order valence-corrected chi connectivity index (χ2v) is 8.33. The smallest absolute Gasteiger partial charge is 0.293 e. The Kier molecular flexibility index (Phi) is 5.28. The highest BCUT2D eigenvalue weighted by molar-refractivity contribution is 7.12. The molecule has 1 fully saturated rings. The van der Waals surface area contributed by atoms with E-state index in [0.717, 1.165) is 0 Å². The number of nitrogens with zero attached hydrogens (tertiary/aromatic N) is 2. The highest BCUT2D eigenvalue weighted by Gasteiger charge is 2.39. The van der Waals surface area contributed by atoms with Crippen molar-refractivity contribution < 1.29 is 17.6 Å². The lowest BCUT2D eigenvalue weighted by atomic mass is 10.0. The van der Waals surface area contributed by atoms with Crippen molar-refractivity contribution in [1.29, 1.82) is 0 Å². The van der Waals surface area contributed by atoms with Crippen molar-refractivity contribution in [2.45, 2.75) is 31.7 Å². The average Bonchev–Trinajstić information content (AvgIpc) is 3.29. The zero-order valence-corrected chi connectivity index (χ0v) is 17.5. The van der Waals surface area contributed by atoms with Gasteiger partial charge in [0.1, 0.15) is 4.83 Å². The van der Waals surface area contributed by atoms with Crippen LogP contribution < -0.4 is 15.6 Å². The van der Waals surface area contributed by atoms with Crippen LogP contribution in [0.1, 0.15) is 23.2 Å². The lowest BCUT2D eigenvalue weighted by Gasteiger charge is -2.23. The first-order valence-electron chi connectivity index (χ1n) is 9.60. The molecule has 0 spiro atoms. The molecule has 2 aromatic heterocycles. The lowest BCUT2D eigenvalue weighted by Crippen LogP contribution is -2.25. The molecule has 1 saturated heterocycles. The van der Waals surface area contributed by atoms with E-state index in [1.807, 2.05) is 0 Å². The highest BCUT2D eigenvalue weighted by atomic mass is 32.1. The van der Waals surface area contributed by atoms with Crippen molar-refractivity contribution in [1.82, 2.24) is 9.36 Å². The minimum Gasteiger partial charge on any atom is -0.380 e. The summed E-state index contributed by atoms with van der Waals surface area (Å²) in [6, 6.07) is 4.14. The SMILES string of the molecule is C=CC(F)(F)c1cc(N2CCC(F)(F)C2)ccc1NCc1c[nH]c2snc(C)c2c1=O. The van der Waals surface area contributed by atoms with Gasteiger partial charge in [0.25, 0.3) is 11.8 Å². The Morgan fingerprint density at radius 3 is 2.87 bits per heavy atom. The standard InChI is InChI=1S/C21H20F4N4OS/c1-3-21(24,25)15-8-14(29-7-6-20(22,23)11-29)4-5-16(15)26-9-13-10-27-19-17(18(13)30)12(2)28-31-19/h3-5,8,10,26H,1,6-7,9,11H2,2H3,(H,27,30). The Bertz CT molecular complexity index is 1200. The van der Waals surface area contributed by atoms with Gasteiger partial charge < -0.3 is 15.2 Å². The summed E-state index contributed by atoms with van der Waals surface area (Å²) in [6.45, 7) is 4.50. The van der Waals surface area contributed by atoms with E-state index in [0.29, 0.717) is 33.2 Å². The zero-order chi connectivity index (χ0) is 22.4. The third-order valence-electron chi connectivity index (χ3n) is 5.38. The number of rotatable bonds is 6. The van der Waals surface area contributed by atoms with Gasteiger partial charge in [-0.1, -0.05) is 6.58 Å². The lowest BCUT2D eigenvalue weighted by molar-refractivity contribution is 0.0257. The number of benzene rings is 1. The quantitative estimate of drug-likeness (QED) is 0.407. The fraction of sp³-hybridized carbons (Fsp3) is 0.333. The predicted octanol–water partition coefficient (Wildman–Crippen LogP) is 5.03. The molecule has 1 aliphatic rings. The maximum absolute atomic E-state index is 14.6. The Balaban J connectivity index is 1.65. The number of fused-ring (bicyclic) bond motifs is 1. The Hall–Kier alpha value is -2.88. The number of anilines is 2. The number of allylic oxidation sites excluding steroid dienone is 1. The Morgan fingerprint density at radius 2 is 2.19 bits per heavy atom. The monoisotopic (exact) mass is 452 g/mol. The maximum Gasteiger partial charge on any atom is 0.293 e. The van der Waals surface area contributed by atoms with Crippen molar-refractivity contribution in [3.63, 3.8) is 0 Å². The number of aromatic amines is 1. The summed E-state index contributed by atoms with van der Waals surface area (Å²) in [5.41, 5.74) is 0.750. The number of H-pyrrole nitrogens is 1. The molecule has 4 rings (SSSR count). The van der Waals surface area contributed by atoms with Gasteiger partial charge in [-0.15, -0.1) is 0 Å². The topological polar surface area (TPSA) is 61.0 Å². The third-order valence-corrected chi connectivity index (χ3v) is 6.25.